The molecule has 2 rings (SSSR count). The van der Waals surface area contributed by atoms with Crippen molar-refractivity contribution < 1.29 is 24.1 Å². The summed E-state index contributed by atoms with van der Waals surface area (Å²) in [5, 5.41) is 18.3. The first-order valence-corrected chi connectivity index (χ1v) is 5.81. The largest absolute Gasteiger partial charge is 0.502 e. The second-order valence-electron chi connectivity index (χ2n) is 4.60. The van der Waals surface area contributed by atoms with Gasteiger partial charge in [-0.1, -0.05) is 0 Å². The summed E-state index contributed by atoms with van der Waals surface area (Å²) >= 11 is 0. The number of halogens is 1. The van der Waals surface area contributed by atoms with Crippen molar-refractivity contribution in [3.63, 3.8) is 0 Å². The van der Waals surface area contributed by atoms with Crippen molar-refractivity contribution in [3.8, 4) is 11.5 Å². The van der Waals surface area contributed by atoms with Crippen LogP contribution in [0.2, 0.25) is 0 Å². The van der Waals surface area contributed by atoms with Crippen LogP contribution in [0.1, 0.15) is 30.7 Å². The minimum atomic E-state index is -0.903. The number of phenolic OH excluding ortho intramolecular Hbond substituents is 1. The number of benzene rings is 1. The lowest BCUT2D eigenvalue weighted by molar-refractivity contribution is -0.137. The third kappa shape index (κ3) is 2.55. The number of ether oxygens (including phenoxy) is 1. The van der Waals surface area contributed by atoms with Gasteiger partial charge < -0.3 is 14.9 Å². The van der Waals surface area contributed by atoms with Crippen molar-refractivity contribution in [2.24, 2.45) is 5.92 Å². The molecule has 1 aromatic rings. The Balaban J connectivity index is 2.35. The topological polar surface area (TPSA) is 66.8 Å². The van der Waals surface area contributed by atoms with Gasteiger partial charge in [-0.2, -0.15) is 0 Å². The Bertz CT molecular complexity index is 468. The first-order valence-electron chi connectivity index (χ1n) is 5.81. The summed E-state index contributed by atoms with van der Waals surface area (Å²) in [5.41, 5.74) is 0.576. The summed E-state index contributed by atoms with van der Waals surface area (Å²) in [4.78, 5) is 10.8. The van der Waals surface area contributed by atoms with E-state index in [1.165, 1.54) is 19.2 Å². The number of phenols is 1. The van der Waals surface area contributed by atoms with Crippen LogP contribution in [-0.2, 0) is 4.79 Å². The Labute approximate surface area is 104 Å². The first kappa shape index (κ1) is 12.7. The van der Waals surface area contributed by atoms with Gasteiger partial charge in [0, 0.05) is 0 Å². The minimum absolute atomic E-state index is 0.0297. The zero-order valence-corrected chi connectivity index (χ0v) is 10.0. The number of aromatic hydroxyl groups is 1. The molecular weight excluding hydrogens is 239 g/mol. The van der Waals surface area contributed by atoms with Gasteiger partial charge in [-0.25, -0.2) is 4.39 Å². The fourth-order valence-corrected chi connectivity index (χ4v) is 2.21. The highest BCUT2D eigenvalue weighted by Gasteiger charge is 2.34. The number of aliphatic carboxylic acids is 1. The Morgan fingerprint density at radius 2 is 2.22 bits per heavy atom. The molecule has 1 aromatic carbocycles. The van der Waals surface area contributed by atoms with Gasteiger partial charge in [0.1, 0.15) is 0 Å². The normalized spacial score (nSPS) is 16.3. The van der Waals surface area contributed by atoms with Crippen molar-refractivity contribution in [3.05, 3.63) is 23.5 Å². The first-order chi connectivity index (χ1) is 8.52. The molecule has 98 valence electrons. The maximum atomic E-state index is 13.5. The number of hydrogen-bond donors (Lipinski definition) is 2. The molecule has 0 spiro atoms. The van der Waals surface area contributed by atoms with E-state index >= 15 is 0 Å². The van der Waals surface area contributed by atoms with Gasteiger partial charge in [0.15, 0.2) is 17.3 Å². The van der Waals surface area contributed by atoms with E-state index in [1.807, 2.05) is 0 Å². The van der Waals surface area contributed by atoms with E-state index in [0.29, 0.717) is 5.56 Å². The molecule has 1 aliphatic rings. The molecule has 5 heteroatoms. The van der Waals surface area contributed by atoms with Gasteiger partial charge in [0.2, 0.25) is 0 Å². The lowest BCUT2D eigenvalue weighted by atomic mass is 9.90. The molecule has 1 unspecified atom stereocenters. The molecule has 1 fully saturated rings. The van der Waals surface area contributed by atoms with Crippen molar-refractivity contribution in [2.45, 2.75) is 25.2 Å². The number of carbonyl (C=O) groups is 1. The fourth-order valence-electron chi connectivity index (χ4n) is 2.21. The third-order valence-corrected chi connectivity index (χ3v) is 3.28. The van der Waals surface area contributed by atoms with Gasteiger partial charge in [-0.15, -0.1) is 0 Å². The van der Waals surface area contributed by atoms with Gasteiger partial charge in [0.25, 0.3) is 0 Å². The lowest BCUT2D eigenvalue weighted by Crippen LogP contribution is -2.09. The van der Waals surface area contributed by atoms with E-state index in [0.717, 1.165) is 12.8 Å². The van der Waals surface area contributed by atoms with Crippen LogP contribution in [0.3, 0.4) is 0 Å². The Morgan fingerprint density at radius 3 is 2.72 bits per heavy atom. The van der Waals surface area contributed by atoms with Crippen LogP contribution in [0.4, 0.5) is 4.39 Å². The second kappa shape index (κ2) is 4.84. The number of carboxylic acid groups (broad SMARTS) is 1. The molecule has 0 heterocycles. The molecule has 0 saturated heterocycles. The van der Waals surface area contributed by atoms with E-state index in [1.54, 1.807) is 0 Å². The molecule has 0 amide bonds. The highest BCUT2D eigenvalue weighted by Crippen LogP contribution is 2.46. The number of hydrogen-bond acceptors (Lipinski definition) is 3. The SMILES string of the molecule is COc1cc(C(CC(=O)O)C2CC2)cc(F)c1O. The van der Waals surface area contributed by atoms with Gasteiger partial charge in [-0.05, 0) is 42.4 Å². The van der Waals surface area contributed by atoms with Crippen molar-refractivity contribution in [1.82, 2.24) is 0 Å². The summed E-state index contributed by atoms with van der Waals surface area (Å²) in [5.74, 6) is -2.10. The van der Waals surface area contributed by atoms with Gasteiger partial charge >= 0.3 is 5.97 Å². The van der Waals surface area contributed by atoms with Gasteiger partial charge in [0.05, 0.1) is 13.5 Å². The second-order valence-corrected chi connectivity index (χ2v) is 4.60. The number of rotatable bonds is 5. The van der Waals surface area contributed by atoms with Crippen molar-refractivity contribution >= 4 is 5.97 Å². The molecule has 1 saturated carbocycles. The Kier molecular flexibility index (Phi) is 3.41. The summed E-state index contributed by atoms with van der Waals surface area (Å²) in [6.45, 7) is 0. The third-order valence-electron chi connectivity index (χ3n) is 3.28. The van der Waals surface area contributed by atoms with Crippen LogP contribution in [0.15, 0.2) is 12.1 Å². The van der Waals surface area contributed by atoms with Crippen molar-refractivity contribution in [1.29, 1.82) is 0 Å². The van der Waals surface area contributed by atoms with Crippen LogP contribution in [0.25, 0.3) is 0 Å². The smallest absolute Gasteiger partial charge is 0.303 e. The Morgan fingerprint density at radius 1 is 1.56 bits per heavy atom. The van der Waals surface area contributed by atoms with Crippen LogP contribution >= 0.6 is 0 Å². The number of carboxylic acids is 1. The zero-order valence-electron chi connectivity index (χ0n) is 10.0. The standard InChI is InChI=1S/C13H15FO4/c1-18-11-5-8(4-10(14)13(11)17)9(6-12(15)16)7-2-3-7/h4-5,7,9,17H,2-3,6H2,1H3,(H,15,16). The van der Waals surface area contributed by atoms with Crippen LogP contribution in [-0.4, -0.2) is 23.3 Å². The molecule has 1 atom stereocenters. The van der Waals surface area contributed by atoms with E-state index < -0.39 is 17.5 Å². The maximum Gasteiger partial charge on any atom is 0.303 e. The predicted octanol–water partition coefficient (Wildman–Crippen LogP) is 2.51. The summed E-state index contributed by atoms with van der Waals surface area (Å²) in [7, 11) is 1.33. The molecule has 0 bridgehead atoms. The molecule has 1 aliphatic carbocycles. The van der Waals surface area contributed by atoms with Crippen LogP contribution in [0, 0.1) is 11.7 Å². The van der Waals surface area contributed by atoms with E-state index in [-0.39, 0.29) is 24.0 Å². The molecule has 0 aliphatic heterocycles. The fraction of sp³-hybridized carbons (Fsp3) is 0.462. The van der Waals surface area contributed by atoms with Crippen LogP contribution in [0.5, 0.6) is 11.5 Å². The maximum absolute atomic E-state index is 13.5. The molecule has 0 aromatic heterocycles. The molecule has 4 nitrogen and oxygen atoms in total. The van der Waals surface area contributed by atoms with E-state index in [4.69, 9.17) is 9.84 Å². The summed E-state index contributed by atoms with van der Waals surface area (Å²) < 4.78 is 18.4. The highest BCUT2D eigenvalue weighted by atomic mass is 19.1. The van der Waals surface area contributed by atoms with E-state index in [9.17, 15) is 14.3 Å². The zero-order chi connectivity index (χ0) is 13.3. The lowest BCUT2D eigenvalue weighted by Gasteiger charge is -2.16. The molecule has 0 radical (unpaired) electrons. The molecule has 2 N–H and O–H groups in total. The molecular formula is C13H15FO4. The van der Waals surface area contributed by atoms with Crippen molar-refractivity contribution in [2.75, 3.05) is 7.11 Å². The van der Waals surface area contributed by atoms with E-state index in [2.05, 4.69) is 0 Å². The monoisotopic (exact) mass is 254 g/mol. The average molecular weight is 254 g/mol. The van der Waals surface area contributed by atoms with Crippen LogP contribution < -0.4 is 4.74 Å². The highest BCUT2D eigenvalue weighted by molar-refractivity contribution is 5.68. The predicted molar refractivity (Wildman–Crippen MR) is 62.3 cm³/mol. The summed E-state index contributed by atoms with van der Waals surface area (Å²) in [6, 6.07) is 2.72. The average Bonchev–Trinajstić information content (AvgIpc) is 3.13. The van der Waals surface area contributed by atoms with Gasteiger partial charge in [-0.3, -0.25) is 4.79 Å². The Hall–Kier alpha value is -1.78. The quantitative estimate of drug-likeness (QED) is 0.847. The molecule has 18 heavy (non-hydrogen) atoms. The number of methoxy groups -OCH3 is 1. The summed E-state index contributed by atoms with van der Waals surface area (Å²) in [6.07, 6.45) is 1.89. The minimum Gasteiger partial charge on any atom is -0.502 e.